The van der Waals surface area contributed by atoms with E-state index in [-0.39, 0.29) is 5.91 Å². The normalized spacial score (nSPS) is 10.2. The summed E-state index contributed by atoms with van der Waals surface area (Å²) in [5.41, 5.74) is 2.64. The Hall–Kier alpha value is -1.31. The van der Waals surface area contributed by atoms with Gasteiger partial charge in [0.05, 0.1) is 0 Å². The molecule has 0 aliphatic rings. The summed E-state index contributed by atoms with van der Waals surface area (Å²) in [6.07, 6.45) is 3.73. The van der Waals surface area contributed by atoms with E-state index in [0.29, 0.717) is 6.42 Å². The van der Waals surface area contributed by atoms with Gasteiger partial charge in [-0.25, -0.2) is 0 Å². The van der Waals surface area contributed by atoms with E-state index in [4.69, 9.17) is 0 Å². The molecule has 2 nitrogen and oxygen atoms in total. The topological polar surface area (TPSA) is 20.3 Å². The fraction of sp³-hybridized carbons (Fsp3) is 0.500. The van der Waals surface area contributed by atoms with E-state index in [2.05, 4.69) is 31.2 Å². The van der Waals surface area contributed by atoms with Gasteiger partial charge in [0.15, 0.2) is 0 Å². The Morgan fingerprint density at radius 3 is 2.38 bits per heavy atom. The number of nitrogens with zero attached hydrogens (tertiary/aromatic N) is 1. The molecule has 0 radical (unpaired) electrons. The zero-order chi connectivity index (χ0) is 12.0. The van der Waals surface area contributed by atoms with Crippen LogP contribution in [-0.4, -0.2) is 24.9 Å². The van der Waals surface area contributed by atoms with Crippen molar-refractivity contribution >= 4 is 5.91 Å². The van der Waals surface area contributed by atoms with Crippen LogP contribution in [-0.2, 0) is 17.6 Å². The summed E-state index contributed by atoms with van der Waals surface area (Å²) in [6, 6.07) is 8.55. The van der Waals surface area contributed by atoms with Crippen LogP contribution in [0.3, 0.4) is 0 Å². The fourth-order valence-corrected chi connectivity index (χ4v) is 1.70. The molecule has 0 aliphatic carbocycles. The van der Waals surface area contributed by atoms with Crippen LogP contribution in [0.25, 0.3) is 0 Å². The number of amides is 1. The maximum atomic E-state index is 11.5. The Balaban J connectivity index is 2.53. The van der Waals surface area contributed by atoms with Crippen molar-refractivity contribution in [3.05, 3.63) is 35.4 Å². The molecule has 1 rings (SSSR count). The second-order valence-corrected chi connectivity index (χ2v) is 4.36. The van der Waals surface area contributed by atoms with Crippen LogP contribution in [0.2, 0.25) is 0 Å². The lowest BCUT2D eigenvalue weighted by Crippen LogP contribution is -2.21. The SMILES string of the molecule is CCCc1cccc(CCC(=O)N(C)C)c1. The quantitative estimate of drug-likeness (QED) is 0.745. The predicted octanol–water partition coefficient (Wildman–Crippen LogP) is 2.66. The lowest BCUT2D eigenvalue weighted by molar-refractivity contribution is -0.128. The number of carbonyl (C=O) groups is 1. The second kappa shape index (κ2) is 6.31. The van der Waals surface area contributed by atoms with E-state index in [1.165, 1.54) is 17.5 Å². The van der Waals surface area contributed by atoms with Crippen LogP contribution in [0.15, 0.2) is 24.3 Å². The molecular formula is C14H21NO. The molecule has 0 saturated heterocycles. The minimum absolute atomic E-state index is 0.195. The Kier molecular flexibility index (Phi) is 5.03. The van der Waals surface area contributed by atoms with E-state index < -0.39 is 0 Å². The van der Waals surface area contributed by atoms with E-state index in [0.717, 1.165) is 12.8 Å². The molecule has 0 fully saturated rings. The molecule has 0 atom stereocenters. The molecule has 16 heavy (non-hydrogen) atoms. The summed E-state index contributed by atoms with van der Waals surface area (Å²) in [4.78, 5) is 13.1. The van der Waals surface area contributed by atoms with Gasteiger partial charge in [-0.2, -0.15) is 0 Å². The molecule has 88 valence electrons. The zero-order valence-electron chi connectivity index (χ0n) is 10.5. The molecule has 0 unspecified atom stereocenters. The standard InChI is InChI=1S/C14H21NO/c1-4-6-12-7-5-8-13(11-12)9-10-14(16)15(2)3/h5,7-8,11H,4,6,9-10H2,1-3H3. The minimum Gasteiger partial charge on any atom is -0.349 e. The summed E-state index contributed by atoms with van der Waals surface area (Å²) in [5, 5.41) is 0. The monoisotopic (exact) mass is 219 g/mol. The van der Waals surface area contributed by atoms with Gasteiger partial charge in [0.25, 0.3) is 0 Å². The van der Waals surface area contributed by atoms with Crippen molar-refractivity contribution in [3.8, 4) is 0 Å². The Bertz CT molecular complexity index is 344. The molecule has 0 aromatic heterocycles. The van der Waals surface area contributed by atoms with Gasteiger partial charge in [-0.05, 0) is 24.0 Å². The Morgan fingerprint density at radius 1 is 1.19 bits per heavy atom. The molecule has 1 aromatic carbocycles. The molecule has 1 aromatic rings. The van der Waals surface area contributed by atoms with Crippen LogP contribution in [0.1, 0.15) is 30.9 Å². The third kappa shape index (κ3) is 4.05. The van der Waals surface area contributed by atoms with Gasteiger partial charge in [0.1, 0.15) is 0 Å². The number of carbonyl (C=O) groups excluding carboxylic acids is 1. The maximum absolute atomic E-state index is 11.5. The Labute approximate surface area is 98.3 Å². The van der Waals surface area contributed by atoms with Crippen molar-refractivity contribution in [1.82, 2.24) is 4.90 Å². The van der Waals surface area contributed by atoms with Gasteiger partial charge < -0.3 is 4.90 Å². The fourth-order valence-electron chi connectivity index (χ4n) is 1.70. The number of aryl methyl sites for hydroxylation is 2. The van der Waals surface area contributed by atoms with Crippen LogP contribution in [0.4, 0.5) is 0 Å². The summed E-state index contributed by atoms with van der Waals surface area (Å²) < 4.78 is 0. The highest BCUT2D eigenvalue weighted by Crippen LogP contribution is 2.10. The summed E-state index contributed by atoms with van der Waals surface area (Å²) >= 11 is 0. The van der Waals surface area contributed by atoms with Gasteiger partial charge in [-0.15, -0.1) is 0 Å². The first-order valence-corrected chi connectivity index (χ1v) is 5.91. The van der Waals surface area contributed by atoms with Gasteiger partial charge in [0.2, 0.25) is 5.91 Å². The third-order valence-corrected chi connectivity index (χ3v) is 2.66. The Morgan fingerprint density at radius 2 is 1.81 bits per heavy atom. The first-order chi connectivity index (χ1) is 7.63. The number of hydrogen-bond donors (Lipinski definition) is 0. The van der Waals surface area contributed by atoms with Crippen LogP contribution in [0, 0.1) is 0 Å². The van der Waals surface area contributed by atoms with Crippen molar-refractivity contribution in [2.45, 2.75) is 32.6 Å². The molecular weight excluding hydrogens is 198 g/mol. The van der Waals surface area contributed by atoms with E-state index >= 15 is 0 Å². The van der Waals surface area contributed by atoms with E-state index in [1.807, 2.05) is 0 Å². The average molecular weight is 219 g/mol. The lowest BCUT2D eigenvalue weighted by atomic mass is 10.0. The molecule has 0 spiro atoms. The van der Waals surface area contributed by atoms with Crippen molar-refractivity contribution in [3.63, 3.8) is 0 Å². The zero-order valence-corrected chi connectivity index (χ0v) is 10.5. The predicted molar refractivity (Wildman–Crippen MR) is 67.5 cm³/mol. The summed E-state index contributed by atoms with van der Waals surface area (Å²) in [7, 11) is 3.60. The van der Waals surface area contributed by atoms with Crippen molar-refractivity contribution in [1.29, 1.82) is 0 Å². The highest BCUT2D eigenvalue weighted by molar-refractivity contribution is 5.75. The van der Waals surface area contributed by atoms with Gasteiger partial charge in [-0.3, -0.25) is 4.79 Å². The van der Waals surface area contributed by atoms with Gasteiger partial charge in [0, 0.05) is 20.5 Å². The lowest BCUT2D eigenvalue weighted by Gasteiger charge is -2.10. The van der Waals surface area contributed by atoms with Gasteiger partial charge in [-0.1, -0.05) is 37.6 Å². The van der Waals surface area contributed by atoms with Crippen LogP contribution < -0.4 is 0 Å². The van der Waals surface area contributed by atoms with Gasteiger partial charge >= 0.3 is 0 Å². The number of hydrogen-bond acceptors (Lipinski definition) is 1. The molecule has 0 heterocycles. The highest BCUT2D eigenvalue weighted by atomic mass is 16.2. The number of rotatable bonds is 5. The maximum Gasteiger partial charge on any atom is 0.222 e. The van der Waals surface area contributed by atoms with Crippen LogP contribution in [0.5, 0.6) is 0 Å². The molecule has 0 N–H and O–H groups in total. The van der Waals surface area contributed by atoms with Crippen molar-refractivity contribution < 1.29 is 4.79 Å². The van der Waals surface area contributed by atoms with Crippen LogP contribution >= 0.6 is 0 Å². The summed E-state index contributed by atoms with van der Waals surface area (Å²) in [5.74, 6) is 0.195. The molecule has 2 heteroatoms. The average Bonchev–Trinajstić information content (AvgIpc) is 2.26. The third-order valence-electron chi connectivity index (χ3n) is 2.66. The molecule has 1 amide bonds. The minimum atomic E-state index is 0.195. The summed E-state index contributed by atoms with van der Waals surface area (Å²) in [6.45, 7) is 2.18. The number of benzene rings is 1. The highest BCUT2D eigenvalue weighted by Gasteiger charge is 2.04. The van der Waals surface area contributed by atoms with E-state index in [1.54, 1.807) is 19.0 Å². The first-order valence-electron chi connectivity index (χ1n) is 5.91. The molecule has 0 aliphatic heterocycles. The smallest absolute Gasteiger partial charge is 0.222 e. The largest absolute Gasteiger partial charge is 0.349 e. The first kappa shape index (κ1) is 12.8. The molecule has 0 saturated carbocycles. The van der Waals surface area contributed by atoms with Crippen molar-refractivity contribution in [2.75, 3.05) is 14.1 Å². The second-order valence-electron chi connectivity index (χ2n) is 4.36. The van der Waals surface area contributed by atoms with E-state index in [9.17, 15) is 4.79 Å². The molecule has 0 bridgehead atoms. The van der Waals surface area contributed by atoms with Crippen molar-refractivity contribution in [2.24, 2.45) is 0 Å².